The van der Waals surface area contributed by atoms with Crippen LogP contribution in [0.1, 0.15) is 48.9 Å². The Hall–Kier alpha value is -3.36. The van der Waals surface area contributed by atoms with Gasteiger partial charge in [-0.2, -0.15) is 0 Å². The van der Waals surface area contributed by atoms with E-state index in [-0.39, 0.29) is 17.3 Å². The summed E-state index contributed by atoms with van der Waals surface area (Å²) in [4.78, 5) is 28.9. The van der Waals surface area contributed by atoms with E-state index in [9.17, 15) is 18.0 Å². The maximum absolute atomic E-state index is 14.1. The number of carbonyl (C=O) groups excluding carboxylic acids is 2. The summed E-state index contributed by atoms with van der Waals surface area (Å²) in [7, 11) is -4.16. The molecule has 0 aromatic heterocycles. The molecule has 0 heterocycles. The second kappa shape index (κ2) is 13.8. The molecule has 1 N–H and O–H groups in total. The molecule has 0 saturated carbocycles. The van der Waals surface area contributed by atoms with Gasteiger partial charge in [0.05, 0.1) is 10.6 Å². The van der Waals surface area contributed by atoms with Gasteiger partial charge in [0.25, 0.3) is 10.0 Å². The molecule has 9 heteroatoms. The molecule has 0 radical (unpaired) electrons. The van der Waals surface area contributed by atoms with E-state index >= 15 is 0 Å². The normalized spacial score (nSPS) is 12.1. The Balaban J connectivity index is 2.10. The van der Waals surface area contributed by atoms with Gasteiger partial charge in [-0.05, 0) is 69.0 Å². The second-order valence-corrected chi connectivity index (χ2v) is 12.3. The summed E-state index contributed by atoms with van der Waals surface area (Å²) in [5, 5.41) is 3.24. The fraction of sp³-hybridized carbons (Fsp3) is 0.355. The lowest BCUT2D eigenvalue weighted by Gasteiger charge is -2.33. The molecule has 0 saturated heterocycles. The lowest BCUT2D eigenvalue weighted by Crippen LogP contribution is -2.52. The third-order valence-electron chi connectivity index (χ3n) is 6.70. The fourth-order valence-corrected chi connectivity index (χ4v) is 6.13. The molecule has 1 atom stereocenters. The van der Waals surface area contributed by atoms with Crippen molar-refractivity contribution >= 4 is 39.1 Å². The third kappa shape index (κ3) is 7.64. The second-order valence-electron chi connectivity index (χ2n) is 9.98. The highest BCUT2D eigenvalue weighted by Gasteiger charge is 2.34. The highest BCUT2D eigenvalue weighted by molar-refractivity contribution is 7.92. The van der Waals surface area contributed by atoms with Gasteiger partial charge in [0, 0.05) is 18.1 Å². The molecule has 0 fully saturated rings. The first-order chi connectivity index (χ1) is 19.0. The number of hydrogen-bond donors (Lipinski definition) is 1. The summed E-state index contributed by atoms with van der Waals surface area (Å²) in [6.45, 7) is 9.54. The Morgan fingerprint density at radius 3 is 2.25 bits per heavy atom. The van der Waals surface area contributed by atoms with Crippen LogP contribution in [0.3, 0.4) is 0 Å². The first kappa shape index (κ1) is 31.2. The van der Waals surface area contributed by atoms with Crippen LogP contribution in [0.15, 0.2) is 71.6 Å². The number of aryl methyl sites for hydroxylation is 3. The van der Waals surface area contributed by atoms with Crippen LogP contribution in [0.4, 0.5) is 5.69 Å². The summed E-state index contributed by atoms with van der Waals surface area (Å²) in [6, 6.07) is 18.4. The standard InChI is InChI=1S/C31H38ClN3O4S/c1-6-17-33-31(37)28(7-2)34(20-25-10-8-9-23(4)18-25)30(36)21-35(29-19-26(32)14-13-24(29)5)40(38,39)27-15-11-22(3)12-16-27/h8-16,18-19,28H,6-7,17,20-21H2,1-5H3,(H,33,37). The van der Waals surface area contributed by atoms with E-state index < -0.39 is 28.5 Å². The molecule has 214 valence electrons. The predicted octanol–water partition coefficient (Wildman–Crippen LogP) is 5.79. The molecule has 0 aliphatic heterocycles. The monoisotopic (exact) mass is 583 g/mol. The van der Waals surface area contributed by atoms with Crippen molar-refractivity contribution in [2.45, 2.75) is 64.9 Å². The third-order valence-corrected chi connectivity index (χ3v) is 8.71. The molecular weight excluding hydrogens is 546 g/mol. The maximum Gasteiger partial charge on any atom is 0.264 e. The van der Waals surface area contributed by atoms with Gasteiger partial charge in [0.1, 0.15) is 12.6 Å². The minimum Gasteiger partial charge on any atom is -0.354 e. The van der Waals surface area contributed by atoms with Crippen molar-refractivity contribution in [2.75, 3.05) is 17.4 Å². The van der Waals surface area contributed by atoms with E-state index in [4.69, 9.17) is 11.6 Å². The van der Waals surface area contributed by atoms with Crippen molar-refractivity contribution in [1.29, 1.82) is 0 Å². The van der Waals surface area contributed by atoms with Crippen molar-refractivity contribution < 1.29 is 18.0 Å². The van der Waals surface area contributed by atoms with Crippen LogP contribution in [0.2, 0.25) is 5.02 Å². The highest BCUT2D eigenvalue weighted by Crippen LogP contribution is 2.30. The van der Waals surface area contributed by atoms with E-state index in [1.165, 1.54) is 17.0 Å². The van der Waals surface area contributed by atoms with Crippen molar-refractivity contribution in [3.8, 4) is 0 Å². The van der Waals surface area contributed by atoms with Crippen molar-refractivity contribution in [3.05, 3.63) is 94.0 Å². The topological polar surface area (TPSA) is 86.8 Å². The minimum absolute atomic E-state index is 0.0586. The lowest BCUT2D eigenvalue weighted by atomic mass is 10.1. The van der Waals surface area contributed by atoms with Gasteiger partial charge in [0.15, 0.2) is 0 Å². The molecule has 3 rings (SSSR count). The number of benzene rings is 3. The molecule has 7 nitrogen and oxygen atoms in total. The van der Waals surface area contributed by atoms with Crippen molar-refractivity contribution in [1.82, 2.24) is 10.2 Å². The quantitative estimate of drug-likeness (QED) is 0.292. The van der Waals surface area contributed by atoms with Gasteiger partial charge in [-0.15, -0.1) is 0 Å². The zero-order chi connectivity index (χ0) is 29.4. The van der Waals surface area contributed by atoms with E-state index in [1.807, 2.05) is 52.0 Å². The zero-order valence-electron chi connectivity index (χ0n) is 23.8. The SMILES string of the molecule is CCCNC(=O)C(CC)N(Cc1cccc(C)c1)C(=O)CN(c1cc(Cl)ccc1C)S(=O)(=O)c1ccc(C)cc1. The molecule has 3 aromatic rings. The number of rotatable bonds is 12. The number of halogens is 1. The average molecular weight is 584 g/mol. The van der Waals surface area contributed by atoms with Crippen LogP contribution < -0.4 is 9.62 Å². The number of anilines is 1. The van der Waals surface area contributed by atoms with E-state index in [0.29, 0.717) is 29.2 Å². The van der Waals surface area contributed by atoms with E-state index in [0.717, 1.165) is 27.4 Å². The van der Waals surface area contributed by atoms with E-state index in [1.54, 1.807) is 37.3 Å². The molecule has 0 bridgehead atoms. The average Bonchev–Trinajstić information content (AvgIpc) is 2.92. The number of sulfonamides is 1. The van der Waals surface area contributed by atoms with Gasteiger partial charge < -0.3 is 10.2 Å². The van der Waals surface area contributed by atoms with Gasteiger partial charge >= 0.3 is 0 Å². The largest absolute Gasteiger partial charge is 0.354 e. The fourth-order valence-electron chi connectivity index (χ4n) is 4.49. The first-order valence-corrected chi connectivity index (χ1v) is 15.3. The number of hydrogen-bond acceptors (Lipinski definition) is 4. The van der Waals surface area contributed by atoms with Crippen molar-refractivity contribution in [3.63, 3.8) is 0 Å². The Morgan fingerprint density at radius 1 is 0.925 bits per heavy atom. The Labute approximate surface area is 243 Å². The number of carbonyl (C=O) groups is 2. The van der Waals surface area contributed by atoms with Gasteiger partial charge in [-0.25, -0.2) is 8.42 Å². The van der Waals surface area contributed by atoms with Crippen LogP contribution >= 0.6 is 11.6 Å². The van der Waals surface area contributed by atoms with Crippen LogP contribution in [-0.2, 0) is 26.2 Å². The number of amides is 2. The number of nitrogens with zero attached hydrogens (tertiary/aromatic N) is 2. The summed E-state index contributed by atoms with van der Waals surface area (Å²) in [5.41, 5.74) is 3.73. The van der Waals surface area contributed by atoms with Crippen LogP contribution in [0, 0.1) is 20.8 Å². The van der Waals surface area contributed by atoms with Crippen LogP contribution in [0.5, 0.6) is 0 Å². The molecular formula is C31H38ClN3O4S. The Kier molecular flexibility index (Phi) is 10.8. The molecule has 2 amide bonds. The van der Waals surface area contributed by atoms with Gasteiger partial charge in [-0.1, -0.05) is 79.0 Å². The minimum atomic E-state index is -4.16. The molecule has 0 aliphatic carbocycles. The highest BCUT2D eigenvalue weighted by atomic mass is 35.5. The van der Waals surface area contributed by atoms with E-state index in [2.05, 4.69) is 5.32 Å². The van der Waals surface area contributed by atoms with Crippen molar-refractivity contribution in [2.24, 2.45) is 0 Å². The lowest BCUT2D eigenvalue weighted by molar-refractivity contribution is -0.140. The Morgan fingerprint density at radius 2 is 1.62 bits per heavy atom. The summed E-state index contributed by atoms with van der Waals surface area (Å²) >= 11 is 6.29. The molecule has 40 heavy (non-hydrogen) atoms. The van der Waals surface area contributed by atoms with Gasteiger partial charge in [0.2, 0.25) is 11.8 Å². The summed E-state index contributed by atoms with van der Waals surface area (Å²) < 4.78 is 29.1. The number of nitrogens with one attached hydrogen (secondary N) is 1. The molecule has 0 aliphatic rings. The summed E-state index contributed by atoms with van der Waals surface area (Å²) in [5.74, 6) is -0.757. The first-order valence-electron chi connectivity index (χ1n) is 13.5. The van der Waals surface area contributed by atoms with Gasteiger partial charge in [-0.3, -0.25) is 13.9 Å². The Bertz CT molecular complexity index is 1440. The molecule has 3 aromatic carbocycles. The molecule has 0 spiro atoms. The predicted molar refractivity (Wildman–Crippen MR) is 161 cm³/mol. The maximum atomic E-state index is 14.1. The molecule has 1 unspecified atom stereocenters. The summed E-state index contributed by atoms with van der Waals surface area (Å²) in [6.07, 6.45) is 1.12. The van der Waals surface area contributed by atoms with Crippen LogP contribution in [-0.4, -0.2) is 44.3 Å². The zero-order valence-corrected chi connectivity index (χ0v) is 25.3. The van der Waals surface area contributed by atoms with Crippen LogP contribution in [0.25, 0.3) is 0 Å². The smallest absolute Gasteiger partial charge is 0.264 e.